The third-order valence-electron chi connectivity index (χ3n) is 5.64. The van der Waals surface area contributed by atoms with Crippen LogP contribution in [0.4, 0.5) is 10.2 Å². The number of benzene rings is 3. The summed E-state index contributed by atoms with van der Waals surface area (Å²) >= 11 is 0. The molecule has 0 bridgehead atoms. The van der Waals surface area contributed by atoms with E-state index in [1.807, 2.05) is 59.2 Å². The number of nitrogens with two attached hydrogens (primary N) is 1. The minimum absolute atomic E-state index is 0.269. The highest BCUT2D eigenvalue weighted by molar-refractivity contribution is 6.10. The molecule has 0 aliphatic heterocycles. The van der Waals surface area contributed by atoms with Gasteiger partial charge in [0.05, 0.1) is 17.6 Å². The molecule has 2 aromatic heterocycles. The van der Waals surface area contributed by atoms with Gasteiger partial charge in [-0.15, -0.1) is 0 Å². The van der Waals surface area contributed by atoms with Crippen molar-refractivity contribution in [2.75, 3.05) is 12.3 Å². The number of carbonyl (C=O) groups excluding carboxylic acids is 1. The molecule has 1 amide bonds. The maximum atomic E-state index is 13.9. The highest BCUT2D eigenvalue weighted by Gasteiger charge is 2.24. The second kappa shape index (κ2) is 8.70. The number of carbonyl (C=O) groups is 1. The Labute approximate surface area is 189 Å². The Morgan fingerprint density at radius 3 is 2.33 bits per heavy atom. The van der Waals surface area contributed by atoms with Crippen LogP contribution in [-0.4, -0.2) is 27.0 Å². The minimum Gasteiger partial charge on any atom is -0.384 e. The second-order valence-electron chi connectivity index (χ2n) is 7.81. The lowest BCUT2D eigenvalue weighted by Crippen LogP contribution is -2.26. The molecule has 0 fully saturated rings. The third kappa shape index (κ3) is 4.01. The summed E-state index contributed by atoms with van der Waals surface area (Å²) in [6, 6.07) is 23.9. The van der Waals surface area contributed by atoms with Crippen molar-refractivity contribution < 1.29 is 9.18 Å². The van der Waals surface area contributed by atoms with E-state index in [1.165, 1.54) is 6.07 Å². The molecule has 0 saturated carbocycles. The van der Waals surface area contributed by atoms with Gasteiger partial charge >= 0.3 is 0 Å². The van der Waals surface area contributed by atoms with Gasteiger partial charge in [-0.1, -0.05) is 60.7 Å². The van der Waals surface area contributed by atoms with Crippen LogP contribution < -0.4 is 11.1 Å². The van der Waals surface area contributed by atoms with Crippen LogP contribution in [0.15, 0.2) is 78.9 Å². The van der Waals surface area contributed by atoms with Crippen LogP contribution in [0.3, 0.4) is 0 Å². The van der Waals surface area contributed by atoms with Crippen molar-refractivity contribution in [3.63, 3.8) is 0 Å². The molecular weight excluding hydrogens is 417 g/mol. The van der Waals surface area contributed by atoms with Crippen LogP contribution in [-0.2, 0) is 13.0 Å². The Morgan fingerprint density at radius 1 is 0.909 bits per heavy atom. The first-order valence-electron chi connectivity index (χ1n) is 10.7. The van der Waals surface area contributed by atoms with E-state index in [2.05, 4.69) is 5.32 Å². The monoisotopic (exact) mass is 439 g/mol. The predicted molar refractivity (Wildman–Crippen MR) is 127 cm³/mol. The van der Waals surface area contributed by atoms with Crippen molar-refractivity contribution in [1.29, 1.82) is 0 Å². The number of aromatic nitrogens is 3. The zero-order valence-electron chi connectivity index (χ0n) is 17.8. The van der Waals surface area contributed by atoms with Crippen molar-refractivity contribution in [2.24, 2.45) is 0 Å². The first-order chi connectivity index (χ1) is 16.1. The maximum Gasteiger partial charge on any atom is 0.257 e. The quantitative estimate of drug-likeness (QED) is 0.412. The number of amides is 1. The number of halogens is 1. The molecule has 3 aromatic carbocycles. The summed E-state index contributed by atoms with van der Waals surface area (Å²) < 4.78 is 15.7. The van der Waals surface area contributed by atoms with Gasteiger partial charge in [0.1, 0.15) is 22.7 Å². The Morgan fingerprint density at radius 2 is 1.58 bits per heavy atom. The van der Waals surface area contributed by atoms with Gasteiger partial charge in [-0.3, -0.25) is 4.79 Å². The van der Waals surface area contributed by atoms with E-state index in [9.17, 15) is 9.18 Å². The molecule has 6 nitrogen and oxygen atoms in total. The summed E-state index contributed by atoms with van der Waals surface area (Å²) in [6.45, 7) is 0.726. The zero-order chi connectivity index (χ0) is 22.8. The number of nitrogen functional groups attached to an aromatic ring is 1. The van der Waals surface area contributed by atoms with Crippen LogP contribution >= 0.6 is 0 Å². The number of rotatable bonds is 6. The van der Waals surface area contributed by atoms with E-state index < -0.39 is 0 Å². The number of nitrogens with one attached hydrogen (secondary N) is 1. The molecule has 7 heteroatoms. The van der Waals surface area contributed by atoms with Gasteiger partial charge in [-0.25, -0.2) is 14.4 Å². The normalized spacial score (nSPS) is 11.2. The summed E-state index contributed by atoms with van der Waals surface area (Å²) in [7, 11) is 0. The van der Waals surface area contributed by atoms with E-state index >= 15 is 0 Å². The van der Waals surface area contributed by atoms with Crippen molar-refractivity contribution in [3.05, 3.63) is 101 Å². The van der Waals surface area contributed by atoms with E-state index in [1.54, 1.807) is 18.2 Å². The molecule has 0 aliphatic carbocycles. The SMILES string of the molecule is Nc1c(C(=O)NCCc2ccccc2F)c2nc3ccccc3nc2n1Cc1ccccc1. The van der Waals surface area contributed by atoms with Crippen molar-refractivity contribution in [2.45, 2.75) is 13.0 Å². The van der Waals surface area contributed by atoms with Gasteiger partial charge in [0, 0.05) is 6.54 Å². The van der Waals surface area contributed by atoms with E-state index in [-0.39, 0.29) is 23.8 Å². The minimum atomic E-state index is -0.356. The molecule has 0 atom stereocenters. The van der Waals surface area contributed by atoms with Crippen LogP contribution in [0, 0.1) is 5.82 Å². The fourth-order valence-electron chi connectivity index (χ4n) is 3.97. The average molecular weight is 439 g/mol. The smallest absolute Gasteiger partial charge is 0.257 e. The average Bonchev–Trinajstić information content (AvgIpc) is 3.09. The van der Waals surface area contributed by atoms with E-state index in [4.69, 9.17) is 15.7 Å². The molecule has 5 aromatic rings. The largest absolute Gasteiger partial charge is 0.384 e. The number of hydrogen-bond acceptors (Lipinski definition) is 4. The van der Waals surface area contributed by atoms with Crippen LogP contribution in [0.5, 0.6) is 0 Å². The summed E-state index contributed by atoms with van der Waals surface area (Å²) in [5.41, 5.74) is 10.8. The fourth-order valence-corrected chi connectivity index (χ4v) is 3.97. The van der Waals surface area contributed by atoms with Gasteiger partial charge < -0.3 is 15.6 Å². The molecular formula is C26H22FN5O. The summed E-state index contributed by atoms with van der Waals surface area (Å²) in [5.74, 6) is -0.346. The fraction of sp³-hybridized carbons (Fsp3) is 0.115. The van der Waals surface area contributed by atoms with Gasteiger partial charge in [0.15, 0.2) is 5.65 Å². The molecule has 0 saturated heterocycles. The molecule has 164 valence electrons. The van der Waals surface area contributed by atoms with Crippen LogP contribution in [0.2, 0.25) is 0 Å². The summed E-state index contributed by atoms with van der Waals surface area (Å²) in [5, 5.41) is 2.87. The molecule has 33 heavy (non-hydrogen) atoms. The molecule has 0 radical (unpaired) electrons. The maximum absolute atomic E-state index is 13.9. The Kier molecular flexibility index (Phi) is 5.44. The number of fused-ring (bicyclic) bond motifs is 2. The zero-order valence-corrected chi connectivity index (χ0v) is 17.8. The molecule has 0 spiro atoms. The molecule has 0 aliphatic rings. The second-order valence-corrected chi connectivity index (χ2v) is 7.81. The highest BCUT2D eigenvalue weighted by Crippen LogP contribution is 2.28. The number of hydrogen-bond donors (Lipinski definition) is 2. The van der Waals surface area contributed by atoms with Crippen molar-refractivity contribution >= 4 is 33.9 Å². The number of nitrogens with zero attached hydrogens (tertiary/aromatic N) is 3. The number of anilines is 1. The van der Waals surface area contributed by atoms with E-state index in [0.717, 1.165) is 11.1 Å². The van der Waals surface area contributed by atoms with Gasteiger partial charge in [-0.05, 0) is 35.7 Å². The lowest BCUT2D eigenvalue weighted by atomic mass is 10.1. The molecule has 2 heterocycles. The van der Waals surface area contributed by atoms with Crippen molar-refractivity contribution in [1.82, 2.24) is 19.9 Å². The Balaban J connectivity index is 1.52. The lowest BCUT2D eigenvalue weighted by molar-refractivity contribution is 0.0956. The van der Waals surface area contributed by atoms with Gasteiger partial charge in [0.25, 0.3) is 5.91 Å². The van der Waals surface area contributed by atoms with Crippen molar-refractivity contribution in [3.8, 4) is 0 Å². The van der Waals surface area contributed by atoms with E-state index in [0.29, 0.717) is 41.0 Å². The van der Waals surface area contributed by atoms with Gasteiger partial charge in [0.2, 0.25) is 0 Å². The summed E-state index contributed by atoms with van der Waals surface area (Å²) in [4.78, 5) is 22.7. The Hall–Kier alpha value is -4.26. The first-order valence-corrected chi connectivity index (χ1v) is 10.7. The van der Waals surface area contributed by atoms with Gasteiger partial charge in [-0.2, -0.15) is 0 Å². The topological polar surface area (TPSA) is 85.8 Å². The standard InChI is InChI=1S/C26H22FN5O/c27-19-11-5-4-10-18(19)14-15-29-26(33)22-23-25(31-21-13-7-6-12-20(21)30-23)32(24(22)28)16-17-8-2-1-3-9-17/h1-13H,14-16,28H2,(H,29,33). The number of para-hydroxylation sites is 2. The molecule has 0 unspecified atom stereocenters. The Bertz CT molecular complexity index is 1460. The molecule has 3 N–H and O–H groups in total. The van der Waals surface area contributed by atoms with Crippen LogP contribution in [0.1, 0.15) is 21.5 Å². The summed E-state index contributed by atoms with van der Waals surface area (Å²) in [6.07, 6.45) is 0.371. The predicted octanol–water partition coefficient (Wildman–Crippen LogP) is 4.33. The first kappa shape index (κ1) is 20.6. The third-order valence-corrected chi connectivity index (χ3v) is 5.64. The lowest BCUT2D eigenvalue weighted by Gasteiger charge is -2.09. The highest BCUT2D eigenvalue weighted by atomic mass is 19.1. The molecule has 5 rings (SSSR count). The van der Waals surface area contributed by atoms with Crippen LogP contribution in [0.25, 0.3) is 22.2 Å².